The number of ether oxygens (including phenoxy) is 1. The summed E-state index contributed by atoms with van der Waals surface area (Å²) < 4.78 is 5.59. The van der Waals surface area contributed by atoms with Gasteiger partial charge >= 0.3 is 6.09 Å². The Morgan fingerprint density at radius 3 is 2.19 bits per heavy atom. The first-order valence-corrected chi connectivity index (χ1v) is 8.00. The fourth-order valence-electron chi connectivity index (χ4n) is 3.79. The normalized spacial score (nSPS) is 28.5. The van der Waals surface area contributed by atoms with E-state index in [1.807, 2.05) is 25.7 Å². The number of fused-ring (bicyclic) bond motifs is 2. The van der Waals surface area contributed by atoms with Gasteiger partial charge in [-0.1, -0.05) is 30.3 Å². The van der Waals surface area contributed by atoms with Crippen LogP contribution < -0.4 is 0 Å². The first-order valence-electron chi connectivity index (χ1n) is 8.00. The molecule has 0 saturated carbocycles. The number of carbonyl (C=O) groups is 1. The Morgan fingerprint density at radius 2 is 1.67 bits per heavy atom. The summed E-state index contributed by atoms with van der Waals surface area (Å²) >= 11 is 0. The lowest BCUT2D eigenvalue weighted by Gasteiger charge is -2.39. The fraction of sp³-hybridized carbons (Fsp3) is 0.611. The molecule has 2 bridgehead atoms. The molecular weight excluding hydrogens is 262 g/mol. The molecule has 0 aliphatic carbocycles. The Morgan fingerprint density at radius 1 is 1.10 bits per heavy atom. The number of carbonyl (C=O) groups excluding carboxylic acids is 1. The van der Waals surface area contributed by atoms with Gasteiger partial charge in [-0.2, -0.15) is 0 Å². The van der Waals surface area contributed by atoms with Gasteiger partial charge in [-0.25, -0.2) is 4.79 Å². The van der Waals surface area contributed by atoms with Gasteiger partial charge in [0.05, 0.1) is 0 Å². The summed E-state index contributed by atoms with van der Waals surface area (Å²) in [6.07, 6.45) is 4.25. The maximum atomic E-state index is 12.4. The highest BCUT2D eigenvalue weighted by Crippen LogP contribution is 2.43. The van der Waals surface area contributed by atoms with Gasteiger partial charge in [-0.15, -0.1) is 0 Å². The van der Waals surface area contributed by atoms with Crippen LogP contribution in [0, 0.1) is 0 Å². The number of benzene rings is 1. The lowest BCUT2D eigenvalue weighted by atomic mass is 9.85. The highest BCUT2D eigenvalue weighted by molar-refractivity contribution is 5.69. The SMILES string of the molecule is CC(C)(C)OC(=O)N1[C@@H]2CC[C@H]1CC(c1ccccc1)C2. The molecule has 1 aromatic rings. The predicted molar refractivity (Wildman–Crippen MR) is 83.3 cm³/mol. The summed E-state index contributed by atoms with van der Waals surface area (Å²) in [4.78, 5) is 14.4. The van der Waals surface area contributed by atoms with Crippen LogP contribution >= 0.6 is 0 Å². The van der Waals surface area contributed by atoms with Gasteiger partial charge in [0.2, 0.25) is 0 Å². The fourth-order valence-corrected chi connectivity index (χ4v) is 3.79. The van der Waals surface area contributed by atoms with E-state index in [1.54, 1.807) is 0 Å². The largest absolute Gasteiger partial charge is 0.444 e. The number of hydrogen-bond donors (Lipinski definition) is 0. The smallest absolute Gasteiger partial charge is 0.410 e. The number of rotatable bonds is 1. The van der Waals surface area contributed by atoms with Crippen LogP contribution in [0.25, 0.3) is 0 Å². The van der Waals surface area contributed by atoms with Crippen molar-refractivity contribution in [2.24, 2.45) is 0 Å². The third-order valence-corrected chi connectivity index (χ3v) is 4.61. The molecule has 0 radical (unpaired) electrons. The van der Waals surface area contributed by atoms with Crippen LogP contribution in [0.1, 0.15) is 57.9 Å². The van der Waals surface area contributed by atoms with Crippen molar-refractivity contribution < 1.29 is 9.53 Å². The van der Waals surface area contributed by atoms with Crippen LogP contribution in [0.3, 0.4) is 0 Å². The van der Waals surface area contributed by atoms with Gasteiger partial charge in [0, 0.05) is 12.1 Å². The van der Waals surface area contributed by atoms with Crippen LogP contribution in [-0.4, -0.2) is 28.7 Å². The standard InChI is InChI=1S/C18H25NO2/c1-18(2,3)21-17(20)19-15-9-10-16(19)12-14(11-15)13-7-5-4-6-8-13/h4-8,14-16H,9-12H2,1-3H3/t14?,15-,16+. The summed E-state index contributed by atoms with van der Waals surface area (Å²) in [5, 5.41) is 0. The average Bonchev–Trinajstić information content (AvgIpc) is 2.69. The minimum atomic E-state index is -0.410. The zero-order chi connectivity index (χ0) is 15.0. The molecular formula is C18H25NO2. The molecule has 1 unspecified atom stereocenters. The quantitative estimate of drug-likeness (QED) is 0.769. The molecule has 1 aromatic carbocycles. The second-order valence-corrected chi connectivity index (χ2v) is 7.35. The highest BCUT2D eigenvalue weighted by Gasteiger charge is 2.44. The van der Waals surface area contributed by atoms with E-state index in [2.05, 4.69) is 30.3 Å². The van der Waals surface area contributed by atoms with E-state index in [1.165, 1.54) is 5.56 Å². The van der Waals surface area contributed by atoms with Crippen LogP contribution in [0.4, 0.5) is 4.79 Å². The molecule has 1 amide bonds. The molecule has 114 valence electrons. The average molecular weight is 287 g/mol. The molecule has 0 N–H and O–H groups in total. The van der Waals surface area contributed by atoms with Gasteiger partial charge in [0.25, 0.3) is 0 Å². The van der Waals surface area contributed by atoms with Gasteiger partial charge in [-0.3, -0.25) is 0 Å². The molecule has 2 saturated heterocycles. The van der Waals surface area contributed by atoms with Gasteiger partial charge in [0.15, 0.2) is 0 Å². The van der Waals surface area contributed by atoms with Crippen molar-refractivity contribution in [1.82, 2.24) is 4.90 Å². The Balaban J connectivity index is 1.71. The molecule has 2 heterocycles. The zero-order valence-corrected chi connectivity index (χ0v) is 13.2. The summed E-state index contributed by atoms with van der Waals surface area (Å²) in [6.45, 7) is 5.80. The molecule has 3 heteroatoms. The van der Waals surface area contributed by atoms with E-state index in [4.69, 9.17) is 4.74 Å². The molecule has 2 aliphatic heterocycles. The second-order valence-electron chi connectivity index (χ2n) is 7.35. The van der Waals surface area contributed by atoms with Crippen molar-refractivity contribution in [2.45, 2.75) is 70.1 Å². The second kappa shape index (κ2) is 5.36. The molecule has 3 atom stereocenters. The van der Waals surface area contributed by atoms with Crippen molar-refractivity contribution in [3.8, 4) is 0 Å². The number of piperidine rings is 1. The van der Waals surface area contributed by atoms with Crippen molar-refractivity contribution in [3.63, 3.8) is 0 Å². The molecule has 2 aliphatic rings. The molecule has 3 nitrogen and oxygen atoms in total. The summed E-state index contributed by atoms with van der Waals surface area (Å²) in [5.41, 5.74) is 1.01. The maximum absolute atomic E-state index is 12.4. The topological polar surface area (TPSA) is 29.5 Å². The lowest BCUT2D eigenvalue weighted by molar-refractivity contribution is 0.00585. The first kappa shape index (κ1) is 14.4. The van der Waals surface area contributed by atoms with E-state index in [9.17, 15) is 4.79 Å². The maximum Gasteiger partial charge on any atom is 0.410 e. The molecule has 0 spiro atoms. The Bertz CT molecular complexity index is 492. The van der Waals surface area contributed by atoms with Gasteiger partial charge in [0.1, 0.15) is 5.60 Å². The van der Waals surface area contributed by atoms with Crippen LogP contribution in [0.2, 0.25) is 0 Å². The van der Waals surface area contributed by atoms with Crippen molar-refractivity contribution >= 4 is 6.09 Å². The monoisotopic (exact) mass is 287 g/mol. The van der Waals surface area contributed by atoms with Crippen molar-refractivity contribution in [1.29, 1.82) is 0 Å². The molecule has 2 fully saturated rings. The van der Waals surface area contributed by atoms with Crippen LogP contribution in [0.5, 0.6) is 0 Å². The third kappa shape index (κ3) is 3.07. The minimum absolute atomic E-state index is 0.124. The molecule has 3 rings (SSSR count). The Labute approximate surface area is 127 Å². The Kier molecular flexibility index (Phi) is 3.68. The predicted octanol–water partition coefficient (Wildman–Crippen LogP) is 4.33. The van der Waals surface area contributed by atoms with Crippen LogP contribution in [-0.2, 0) is 4.74 Å². The number of hydrogen-bond acceptors (Lipinski definition) is 2. The summed E-state index contributed by atoms with van der Waals surface area (Å²) in [5.74, 6) is 0.586. The van der Waals surface area contributed by atoms with E-state index >= 15 is 0 Å². The van der Waals surface area contributed by atoms with Crippen molar-refractivity contribution in [2.75, 3.05) is 0 Å². The molecule has 21 heavy (non-hydrogen) atoms. The highest BCUT2D eigenvalue weighted by atomic mass is 16.6. The zero-order valence-electron chi connectivity index (χ0n) is 13.2. The summed E-state index contributed by atoms with van der Waals surface area (Å²) in [6, 6.07) is 11.4. The number of nitrogens with zero attached hydrogens (tertiary/aromatic N) is 1. The van der Waals surface area contributed by atoms with Crippen LogP contribution in [0.15, 0.2) is 30.3 Å². The third-order valence-electron chi connectivity index (χ3n) is 4.61. The van der Waals surface area contributed by atoms with E-state index in [0.717, 1.165) is 25.7 Å². The summed E-state index contributed by atoms with van der Waals surface area (Å²) in [7, 11) is 0. The van der Waals surface area contributed by atoms with Crippen molar-refractivity contribution in [3.05, 3.63) is 35.9 Å². The van der Waals surface area contributed by atoms with Gasteiger partial charge < -0.3 is 9.64 Å². The van der Waals surface area contributed by atoms with E-state index in [-0.39, 0.29) is 6.09 Å². The van der Waals surface area contributed by atoms with E-state index < -0.39 is 5.60 Å². The Hall–Kier alpha value is -1.51. The van der Waals surface area contributed by atoms with Gasteiger partial charge in [-0.05, 0) is 57.9 Å². The molecule has 0 aromatic heterocycles. The minimum Gasteiger partial charge on any atom is -0.444 e. The number of amides is 1. The first-order chi connectivity index (χ1) is 9.94. The van der Waals surface area contributed by atoms with E-state index in [0.29, 0.717) is 18.0 Å². The lowest BCUT2D eigenvalue weighted by Crippen LogP contribution is -2.48.